The summed E-state index contributed by atoms with van der Waals surface area (Å²) in [5, 5.41) is 19.9. The number of sulfonamides is 1. The molecule has 1 aromatic rings. The molecule has 0 amide bonds. The van der Waals surface area contributed by atoms with Crippen LogP contribution in [0.25, 0.3) is 0 Å². The standard InChI is InChI=1S/C13H16N2O6S/c1-8-5-10(3-4-12(8)15(18)19)22(20,21)14-6-9(2)11(7-14)13(16)17/h3-5,9,11H,6-7H2,1-2H3,(H,16,17)/t9-,11-/m1/s1. The quantitative estimate of drug-likeness (QED) is 0.656. The Bertz CT molecular complexity index is 730. The highest BCUT2D eigenvalue weighted by Gasteiger charge is 2.40. The lowest BCUT2D eigenvalue weighted by Gasteiger charge is -2.16. The van der Waals surface area contributed by atoms with E-state index < -0.39 is 26.8 Å². The molecule has 2 atom stereocenters. The summed E-state index contributed by atoms with van der Waals surface area (Å²) in [5.74, 6) is -2.05. The summed E-state index contributed by atoms with van der Waals surface area (Å²) >= 11 is 0. The number of rotatable bonds is 4. The number of hydrogen-bond donors (Lipinski definition) is 1. The molecule has 0 unspecified atom stereocenters. The van der Waals surface area contributed by atoms with Crippen molar-refractivity contribution in [3.05, 3.63) is 33.9 Å². The predicted molar refractivity (Wildman–Crippen MR) is 76.9 cm³/mol. The van der Waals surface area contributed by atoms with Gasteiger partial charge in [0.05, 0.1) is 15.7 Å². The molecule has 1 heterocycles. The Morgan fingerprint density at radius 1 is 1.41 bits per heavy atom. The minimum absolute atomic E-state index is 0.0613. The zero-order valence-corrected chi connectivity index (χ0v) is 12.9. The maximum atomic E-state index is 12.5. The topological polar surface area (TPSA) is 118 Å². The average Bonchev–Trinajstić information content (AvgIpc) is 2.81. The molecule has 8 nitrogen and oxygen atoms in total. The van der Waals surface area contributed by atoms with Crippen molar-refractivity contribution in [1.29, 1.82) is 0 Å². The number of nitro benzene ring substituents is 1. The Balaban J connectivity index is 2.34. The first-order valence-corrected chi connectivity index (χ1v) is 8.06. The lowest BCUT2D eigenvalue weighted by molar-refractivity contribution is -0.385. The smallest absolute Gasteiger partial charge is 0.308 e. The van der Waals surface area contributed by atoms with Gasteiger partial charge in [0.15, 0.2) is 0 Å². The van der Waals surface area contributed by atoms with Crippen LogP contribution in [0, 0.1) is 28.9 Å². The molecular weight excluding hydrogens is 312 g/mol. The van der Waals surface area contributed by atoms with Gasteiger partial charge in [0.2, 0.25) is 10.0 Å². The lowest BCUT2D eigenvalue weighted by Crippen LogP contribution is -2.30. The maximum absolute atomic E-state index is 12.5. The van der Waals surface area contributed by atoms with E-state index in [1.165, 1.54) is 19.1 Å². The fourth-order valence-electron chi connectivity index (χ4n) is 2.58. The number of carboxylic acid groups (broad SMARTS) is 1. The molecule has 2 rings (SSSR count). The van der Waals surface area contributed by atoms with Gasteiger partial charge in [-0.3, -0.25) is 14.9 Å². The summed E-state index contributed by atoms with van der Waals surface area (Å²) in [6.07, 6.45) is 0. The van der Waals surface area contributed by atoms with Gasteiger partial charge in [0, 0.05) is 24.7 Å². The van der Waals surface area contributed by atoms with E-state index in [1.807, 2.05) is 0 Å². The number of carboxylic acids is 1. The SMILES string of the molecule is Cc1cc(S(=O)(=O)N2C[C@@H](C)[C@H](C(=O)O)C2)ccc1[N+](=O)[O-]. The van der Waals surface area contributed by atoms with E-state index in [0.29, 0.717) is 0 Å². The Labute approximate surface area is 127 Å². The molecule has 0 radical (unpaired) electrons. The van der Waals surface area contributed by atoms with Crippen molar-refractivity contribution in [3.8, 4) is 0 Å². The van der Waals surface area contributed by atoms with Gasteiger partial charge in [0.1, 0.15) is 0 Å². The molecule has 1 N–H and O–H groups in total. The normalized spacial score (nSPS) is 22.6. The second kappa shape index (κ2) is 5.65. The highest BCUT2D eigenvalue weighted by atomic mass is 32.2. The van der Waals surface area contributed by atoms with Gasteiger partial charge in [-0.2, -0.15) is 4.31 Å². The van der Waals surface area contributed by atoms with Crippen molar-refractivity contribution < 1.29 is 23.2 Å². The van der Waals surface area contributed by atoms with Crippen molar-refractivity contribution in [2.75, 3.05) is 13.1 Å². The molecule has 0 aromatic heterocycles. The predicted octanol–water partition coefficient (Wildman–Crippen LogP) is 1.24. The highest BCUT2D eigenvalue weighted by molar-refractivity contribution is 7.89. The molecule has 22 heavy (non-hydrogen) atoms. The van der Waals surface area contributed by atoms with E-state index in [9.17, 15) is 23.3 Å². The van der Waals surface area contributed by atoms with Crippen LogP contribution < -0.4 is 0 Å². The van der Waals surface area contributed by atoms with E-state index in [-0.39, 0.29) is 35.2 Å². The van der Waals surface area contributed by atoms with Crippen LogP contribution >= 0.6 is 0 Å². The second-order valence-electron chi connectivity index (χ2n) is 5.45. The number of nitro groups is 1. The van der Waals surface area contributed by atoms with Crippen LogP contribution in [-0.2, 0) is 14.8 Å². The molecule has 1 aromatic carbocycles. The number of carbonyl (C=O) groups is 1. The third-order valence-corrected chi connectivity index (χ3v) is 5.73. The maximum Gasteiger partial charge on any atom is 0.308 e. The van der Waals surface area contributed by atoms with E-state index in [0.717, 1.165) is 10.4 Å². The first-order valence-electron chi connectivity index (χ1n) is 6.62. The molecule has 0 bridgehead atoms. The molecule has 0 aliphatic carbocycles. The van der Waals surface area contributed by atoms with E-state index in [2.05, 4.69) is 0 Å². The Kier molecular flexibility index (Phi) is 4.21. The van der Waals surface area contributed by atoms with E-state index >= 15 is 0 Å². The average molecular weight is 328 g/mol. The minimum atomic E-state index is -3.86. The summed E-state index contributed by atoms with van der Waals surface area (Å²) in [6, 6.07) is 3.57. The van der Waals surface area contributed by atoms with Crippen LogP contribution in [-0.4, -0.2) is 41.8 Å². The zero-order valence-electron chi connectivity index (χ0n) is 12.1. The molecule has 0 saturated carbocycles. The fourth-order valence-corrected chi connectivity index (χ4v) is 4.23. The van der Waals surface area contributed by atoms with Crippen molar-refractivity contribution in [3.63, 3.8) is 0 Å². The summed E-state index contributed by atoms with van der Waals surface area (Å²) < 4.78 is 26.2. The second-order valence-corrected chi connectivity index (χ2v) is 7.39. The molecule has 0 spiro atoms. The Hall–Kier alpha value is -2.00. The fraction of sp³-hybridized carbons (Fsp3) is 0.462. The Morgan fingerprint density at radius 2 is 2.05 bits per heavy atom. The summed E-state index contributed by atoms with van der Waals surface area (Å²) in [7, 11) is -3.86. The number of benzene rings is 1. The van der Waals surface area contributed by atoms with Gasteiger partial charge in [-0.05, 0) is 25.0 Å². The van der Waals surface area contributed by atoms with Crippen molar-refractivity contribution >= 4 is 21.7 Å². The summed E-state index contributed by atoms with van der Waals surface area (Å²) in [6.45, 7) is 3.18. The van der Waals surface area contributed by atoms with Gasteiger partial charge >= 0.3 is 5.97 Å². The molecule has 120 valence electrons. The third kappa shape index (κ3) is 2.81. The molecule has 1 aliphatic heterocycles. The minimum Gasteiger partial charge on any atom is -0.481 e. The van der Waals surface area contributed by atoms with E-state index in [4.69, 9.17) is 5.11 Å². The molecule has 1 fully saturated rings. The van der Waals surface area contributed by atoms with Gasteiger partial charge in [-0.1, -0.05) is 6.92 Å². The van der Waals surface area contributed by atoms with Gasteiger partial charge in [-0.15, -0.1) is 0 Å². The summed E-state index contributed by atoms with van der Waals surface area (Å²) in [5.41, 5.74) is 0.0882. The largest absolute Gasteiger partial charge is 0.481 e. The molecular formula is C13H16N2O6S. The van der Waals surface area contributed by atoms with Gasteiger partial charge < -0.3 is 5.11 Å². The van der Waals surface area contributed by atoms with Crippen molar-refractivity contribution in [2.45, 2.75) is 18.7 Å². The van der Waals surface area contributed by atoms with Crippen molar-refractivity contribution in [2.24, 2.45) is 11.8 Å². The van der Waals surface area contributed by atoms with Gasteiger partial charge in [-0.25, -0.2) is 8.42 Å². The third-order valence-electron chi connectivity index (χ3n) is 3.90. The van der Waals surface area contributed by atoms with Crippen molar-refractivity contribution in [1.82, 2.24) is 4.31 Å². The van der Waals surface area contributed by atoms with Crippen LogP contribution in [0.4, 0.5) is 5.69 Å². The first kappa shape index (κ1) is 16.4. The number of aryl methyl sites for hydroxylation is 1. The Morgan fingerprint density at radius 3 is 2.50 bits per heavy atom. The summed E-state index contributed by atoms with van der Waals surface area (Å²) in [4.78, 5) is 21.2. The van der Waals surface area contributed by atoms with Crippen LogP contribution in [0.3, 0.4) is 0 Å². The number of aliphatic carboxylic acids is 1. The van der Waals surface area contributed by atoms with Crippen LogP contribution in [0.15, 0.2) is 23.1 Å². The highest BCUT2D eigenvalue weighted by Crippen LogP contribution is 2.30. The van der Waals surface area contributed by atoms with Gasteiger partial charge in [0.25, 0.3) is 5.69 Å². The molecule has 1 saturated heterocycles. The molecule has 9 heteroatoms. The van der Waals surface area contributed by atoms with Crippen LogP contribution in [0.2, 0.25) is 0 Å². The van der Waals surface area contributed by atoms with Crippen LogP contribution in [0.1, 0.15) is 12.5 Å². The number of nitrogens with zero attached hydrogens (tertiary/aromatic N) is 2. The van der Waals surface area contributed by atoms with Crippen LogP contribution in [0.5, 0.6) is 0 Å². The monoisotopic (exact) mass is 328 g/mol. The van der Waals surface area contributed by atoms with E-state index in [1.54, 1.807) is 6.92 Å². The first-order chi connectivity index (χ1) is 10.1. The zero-order chi connectivity index (χ0) is 16.7. The number of hydrogen-bond acceptors (Lipinski definition) is 5. The molecule has 1 aliphatic rings. The lowest BCUT2D eigenvalue weighted by atomic mass is 9.99.